The topological polar surface area (TPSA) is 88.6 Å². The van der Waals surface area contributed by atoms with Gasteiger partial charge in [0.15, 0.2) is 5.78 Å². The monoisotopic (exact) mass is 445 g/mol. The van der Waals surface area contributed by atoms with Crippen molar-refractivity contribution in [1.29, 1.82) is 0 Å². The Morgan fingerprint density at radius 3 is 2.62 bits per heavy atom. The van der Waals surface area contributed by atoms with Crippen LogP contribution < -0.4 is 5.32 Å². The van der Waals surface area contributed by atoms with Crippen LogP contribution in [0.1, 0.15) is 26.9 Å². The van der Waals surface area contributed by atoms with Crippen molar-refractivity contribution in [3.63, 3.8) is 0 Å². The van der Waals surface area contributed by atoms with Crippen LogP contribution in [0.15, 0.2) is 79.1 Å². The van der Waals surface area contributed by atoms with Gasteiger partial charge in [0, 0.05) is 40.5 Å². The van der Waals surface area contributed by atoms with Crippen LogP contribution in [0.3, 0.4) is 0 Å². The molecule has 5 rings (SSSR count). The number of thioether (sulfide) groups is 1. The molecule has 0 spiro atoms. The highest BCUT2D eigenvalue weighted by Crippen LogP contribution is 2.45. The molecule has 8 heteroatoms. The number of amides is 2. The lowest BCUT2D eigenvalue weighted by Crippen LogP contribution is -2.40. The average Bonchev–Trinajstić information content (AvgIpc) is 3.41. The van der Waals surface area contributed by atoms with E-state index in [0.717, 1.165) is 5.56 Å². The third-order valence-electron chi connectivity index (χ3n) is 5.48. The van der Waals surface area contributed by atoms with Crippen LogP contribution >= 0.6 is 11.8 Å². The Labute approximate surface area is 188 Å². The van der Waals surface area contributed by atoms with Crippen molar-refractivity contribution in [2.24, 2.45) is 0 Å². The molecule has 2 aromatic carbocycles. The van der Waals surface area contributed by atoms with E-state index in [0.29, 0.717) is 22.6 Å². The number of nitrogens with one attached hydrogen (secondary N) is 1. The molecule has 2 aliphatic heterocycles. The fraction of sp³-hybridized carbons (Fsp3) is 0.167. The minimum atomic E-state index is -0.926. The fourth-order valence-corrected chi connectivity index (χ4v) is 5.40. The van der Waals surface area contributed by atoms with Crippen molar-refractivity contribution < 1.29 is 19.1 Å². The fourth-order valence-electron chi connectivity index (χ4n) is 3.95. The van der Waals surface area contributed by atoms with E-state index in [1.165, 1.54) is 0 Å². The molecule has 0 saturated carbocycles. The zero-order valence-electron chi connectivity index (χ0n) is 16.9. The molecule has 0 bridgehead atoms. The number of hydrogen-bond acceptors (Lipinski definition) is 6. The maximum atomic E-state index is 13.0. The lowest BCUT2D eigenvalue weighted by atomic mass is 10.0. The molecule has 3 atom stereocenters. The molecule has 3 heterocycles. The molecule has 2 amide bonds. The summed E-state index contributed by atoms with van der Waals surface area (Å²) in [6.07, 6.45) is 1.96. The van der Waals surface area contributed by atoms with E-state index in [9.17, 15) is 14.4 Å². The van der Waals surface area contributed by atoms with Gasteiger partial charge < -0.3 is 10.1 Å². The minimum absolute atomic E-state index is 0.133. The molecule has 1 aromatic heterocycles. The summed E-state index contributed by atoms with van der Waals surface area (Å²) in [4.78, 5) is 44.0. The first-order valence-corrected chi connectivity index (χ1v) is 11.2. The summed E-state index contributed by atoms with van der Waals surface area (Å²) in [6.45, 7) is 0. The molecule has 1 N–H and O–H groups in total. The van der Waals surface area contributed by atoms with Gasteiger partial charge in [0.1, 0.15) is 5.37 Å². The highest BCUT2D eigenvalue weighted by atomic mass is 32.2. The number of rotatable bonds is 5. The summed E-state index contributed by atoms with van der Waals surface area (Å²) in [5, 5.41) is 2.57. The van der Waals surface area contributed by atoms with Crippen LogP contribution in [0.5, 0.6) is 0 Å². The van der Waals surface area contributed by atoms with Crippen molar-refractivity contribution in [3.8, 4) is 0 Å². The van der Waals surface area contributed by atoms with E-state index in [2.05, 4.69) is 10.3 Å². The first-order valence-electron chi connectivity index (χ1n) is 10.1. The minimum Gasteiger partial charge on any atom is -0.434 e. The SMILES string of the molecule is O=C(c1ccccc1)c1cccc(NC(=O)[C@H]2OC(=O)N3[C@H](c4cccnc4)SC[C@@H]23)c1. The number of pyridine rings is 1. The number of nitrogens with zero attached hydrogens (tertiary/aromatic N) is 2. The van der Waals surface area contributed by atoms with Gasteiger partial charge in [0.2, 0.25) is 6.10 Å². The molecule has 2 saturated heterocycles. The third kappa shape index (κ3) is 3.73. The predicted octanol–water partition coefficient (Wildman–Crippen LogP) is 3.89. The Balaban J connectivity index is 1.31. The molecule has 7 nitrogen and oxygen atoms in total. The number of benzene rings is 2. The van der Waals surface area contributed by atoms with Crippen LogP contribution in [-0.4, -0.2) is 45.6 Å². The van der Waals surface area contributed by atoms with Crippen LogP contribution in [0, 0.1) is 0 Å². The normalized spacial score (nSPS) is 21.7. The number of carbonyl (C=O) groups excluding carboxylic acids is 3. The first-order chi connectivity index (χ1) is 15.6. The van der Waals surface area contributed by atoms with Gasteiger partial charge in [-0.25, -0.2) is 4.79 Å². The first kappa shape index (κ1) is 20.3. The van der Waals surface area contributed by atoms with Crippen molar-refractivity contribution >= 4 is 35.2 Å². The van der Waals surface area contributed by atoms with Crippen molar-refractivity contribution in [2.75, 3.05) is 11.1 Å². The number of aromatic nitrogens is 1. The van der Waals surface area contributed by atoms with Crippen molar-refractivity contribution in [1.82, 2.24) is 9.88 Å². The molecule has 0 aliphatic carbocycles. The largest absolute Gasteiger partial charge is 0.434 e. The van der Waals surface area contributed by atoms with Gasteiger partial charge in [-0.1, -0.05) is 48.5 Å². The smallest absolute Gasteiger partial charge is 0.412 e. The molecular weight excluding hydrogens is 426 g/mol. The van der Waals surface area contributed by atoms with E-state index in [4.69, 9.17) is 4.74 Å². The Morgan fingerprint density at radius 1 is 1.03 bits per heavy atom. The summed E-state index contributed by atoms with van der Waals surface area (Å²) in [5.41, 5.74) is 2.40. The van der Waals surface area contributed by atoms with Gasteiger partial charge in [-0.15, -0.1) is 11.8 Å². The second-order valence-electron chi connectivity index (χ2n) is 7.52. The number of ether oxygens (including phenoxy) is 1. The zero-order chi connectivity index (χ0) is 22.1. The maximum Gasteiger partial charge on any atom is 0.412 e. The number of fused-ring (bicyclic) bond motifs is 1. The quantitative estimate of drug-likeness (QED) is 0.600. The lowest BCUT2D eigenvalue weighted by molar-refractivity contribution is -0.123. The lowest BCUT2D eigenvalue weighted by Gasteiger charge is -2.20. The highest BCUT2D eigenvalue weighted by molar-refractivity contribution is 7.99. The molecule has 160 valence electrons. The van der Waals surface area contributed by atoms with Crippen LogP contribution in [0.4, 0.5) is 10.5 Å². The summed E-state index contributed by atoms with van der Waals surface area (Å²) in [6, 6.07) is 19.0. The van der Waals surface area contributed by atoms with Crippen LogP contribution in [0.2, 0.25) is 0 Å². The van der Waals surface area contributed by atoms with Gasteiger partial charge in [0.25, 0.3) is 5.91 Å². The van der Waals surface area contributed by atoms with E-state index in [-0.39, 0.29) is 17.2 Å². The summed E-state index contributed by atoms with van der Waals surface area (Å²) < 4.78 is 5.44. The molecule has 0 radical (unpaired) electrons. The number of anilines is 1. The second-order valence-corrected chi connectivity index (χ2v) is 8.63. The van der Waals surface area contributed by atoms with E-state index < -0.39 is 18.1 Å². The molecular formula is C24H19N3O4S. The summed E-state index contributed by atoms with van der Waals surface area (Å²) >= 11 is 1.58. The zero-order valence-corrected chi connectivity index (χ0v) is 17.7. The number of carbonyl (C=O) groups is 3. The van der Waals surface area contributed by atoms with Crippen molar-refractivity contribution in [2.45, 2.75) is 17.5 Å². The molecule has 2 aliphatic rings. The average molecular weight is 446 g/mol. The number of hydrogen-bond donors (Lipinski definition) is 1. The van der Waals surface area contributed by atoms with E-state index in [1.807, 2.05) is 18.2 Å². The molecule has 3 aromatic rings. The second kappa shape index (κ2) is 8.47. The standard InChI is InChI=1S/C24H19N3O4S/c28-20(15-6-2-1-3-7-15)16-8-4-10-18(12-16)26-22(29)21-19-14-32-23(27(19)24(30)31-21)17-9-5-11-25-13-17/h1-13,19,21,23H,14H2,(H,26,29)/t19-,21-,23-/m0/s1. The third-order valence-corrected chi connectivity index (χ3v) is 6.83. The Bertz CT molecular complexity index is 1170. The van der Waals surface area contributed by atoms with Gasteiger partial charge in [-0.3, -0.25) is 19.5 Å². The number of ketones is 1. The molecule has 32 heavy (non-hydrogen) atoms. The summed E-state index contributed by atoms with van der Waals surface area (Å²) in [7, 11) is 0. The van der Waals surface area contributed by atoms with E-state index >= 15 is 0 Å². The van der Waals surface area contributed by atoms with Crippen LogP contribution in [0.25, 0.3) is 0 Å². The Hall–Kier alpha value is -3.65. The van der Waals surface area contributed by atoms with Crippen LogP contribution in [-0.2, 0) is 9.53 Å². The highest BCUT2D eigenvalue weighted by Gasteiger charge is 2.53. The van der Waals surface area contributed by atoms with Gasteiger partial charge in [0.05, 0.1) is 6.04 Å². The molecule has 2 fully saturated rings. The van der Waals surface area contributed by atoms with Gasteiger partial charge in [-0.2, -0.15) is 0 Å². The van der Waals surface area contributed by atoms with E-state index in [1.54, 1.807) is 77.6 Å². The van der Waals surface area contributed by atoms with Gasteiger partial charge >= 0.3 is 6.09 Å². The van der Waals surface area contributed by atoms with Gasteiger partial charge in [-0.05, 0) is 18.2 Å². The Morgan fingerprint density at radius 2 is 1.84 bits per heavy atom. The van der Waals surface area contributed by atoms with Crippen molar-refractivity contribution in [3.05, 3.63) is 95.8 Å². The summed E-state index contributed by atoms with van der Waals surface area (Å²) in [5.74, 6) is 0.0323. The Kier molecular flexibility index (Phi) is 5.36. The maximum absolute atomic E-state index is 13.0. The molecule has 0 unspecified atom stereocenters. The predicted molar refractivity (Wildman–Crippen MR) is 120 cm³/mol. The number of cyclic esters (lactones) is 1.